The van der Waals surface area contributed by atoms with E-state index in [1.807, 2.05) is 0 Å². The molecule has 3 N–H and O–H groups in total. The molecule has 0 spiro atoms. The fraction of sp³-hybridized carbons (Fsp3) is 0.300. The predicted molar refractivity (Wildman–Crippen MR) is 50.5 cm³/mol. The highest BCUT2D eigenvalue weighted by Crippen LogP contribution is 2.32. The van der Waals surface area contributed by atoms with E-state index >= 15 is 0 Å². The monoisotopic (exact) mass is 196 g/mol. The predicted octanol–water partition coefficient (Wildman–Crippen LogP) is 1.42. The maximum Gasteiger partial charge on any atom is 0.303 e. The van der Waals surface area contributed by atoms with Crippen molar-refractivity contribution < 1.29 is 20.1 Å². The van der Waals surface area contributed by atoms with Gasteiger partial charge in [0.2, 0.25) is 0 Å². The van der Waals surface area contributed by atoms with E-state index in [1.165, 1.54) is 0 Å². The Bertz CT molecular complexity index is 357. The highest BCUT2D eigenvalue weighted by Gasteiger charge is 2.09. The molecule has 4 nitrogen and oxygen atoms in total. The molecule has 0 saturated carbocycles. The summed E-state index contributed by atoms with van der Waals surface area (Å²) in [5.41, 5.74) is 1.03. The standard InChI is InChI=1S/C10H12O4/c1-6-2-3-7(4-5-8(11)12)10(14)9(6)13/h2-3,13-14H,4-5H2,1H3,(H,11,12). The van der Waals surface area contributed by atoms with Crippen molar-refractivity contribution in [3.8, 4) is 11.5 Å². The molecule has 1 aromatic carbocycles. The lowest BCUT2D eigenvalue weighted by Crippen LogP contribution is -1.97. The first-order valence-corrected chi connectivity index (χ1v) is 4.24. The smallest absolute Gasteiger partial charge is 0.303 e. The van der Waals surface area contributed by atoms with Gasteiger partial charge in [0.1, 0.15) is 0 Å². The average molecular weight is 196 g/mol. The van der Waals surface area contributed by atoms with Gasteiger partial charge >= 0.3 is 5.97 Å². The Morgan fingerprint density at radius 2 is 1.93 bits per heavy atom. The van der Waals surface area contributed by atoms with Gasteiger partial charge in [0.05, 0.1) is 0 Å². The van der Waals surface area contributed by atoms with E-state index in [-0.39, 0.29) is 24.3 Å². The van der Waals surface area contributed by atoms with Crippen LogP contribution in [0.2, 0.25) is 0 Å². The van der Waals surface area contributed by atoms with Crippen LogP contribution >= 0.6 is 0 Å². The molecular formula is C10H12O4. The van der Waals surface area contributed by atoms with Crippen molar-refractivity contribution in [2.45, 2.75) is 19.8 Å². The second kappa shape index (κ2) is 4.00. The number of phenols is 2. The van der Waals surface area contributed by atoms with E-state index in [0.717, 1.165) is 0 Å². The number of rotatable bonds is 3. The number of aromatic hydroxyl groups is 2. The van der Waals surface area contributed by atoms with E-state index in [1.54, 1.807) is 19.1 Å². The molecule has 14 heavy (non-hydrogen) atoms. The van der Waals surface area contributed by atoms with Gasteiger partial charge in [-0.25, -0.2) is 0 Å². The van der Waals surface area contributed by atoms with Crippen molar-refractivity contribution >= 4 is 5.97 Å². The van der Waals surface area contributed by atoms with E-state index in [9.17, 15) is 15.0 Å². The van der Waals surface area contributed by atoms with Gasteiger partial charge in [0, 0.05) is 6.42 Å². The van der Waals surface area contributed by atoms with Crippen LogP contribution in [0.4, 0.5) is 0 Å². The summed E-state index contributed by atoms with van der Waals surface area (Å²) in [6.07, 6.45) is 0.158. The molecule has 0 saturated heterocycles. The SMILES string of the molecule is Cc1ccc(CCC(=O)O)c(O)c1O. The first-order chi connectivity index (χ1) is 6.52. The van der Waals surface area contributed by atoms with Crippen molar-refractivity contribution in [1.29, 1.82) is 0 Å². The molecule has 0 unspecified atom stereocenters. The minimum atomic E-state index is -0.926. The fourth-order valence-corrected chi connectivity index (χ4v) is 1.17. The third-order valence-corrected chi connectivity index (χ3v) is 2.04. The molecule has 0 fully saturated rings. The van der Waals surface area contributed by atoms with Crippen LogP contribution in [0.15, 0.2) is 12.1 Å². The van der Waals surface area contributed by atoms with Gasteiger partial charge in [-0.05, 0) is 24.5 Å². The van der Waals surface area contributed by atoms with Crippen molar-refractivity contribution in [2.24, 2.45) is 0 Å². The zero-order valence-electron chi connectivity index (χ0n) is 7.82. The van der Waals surface area contributed by atoms with Gasteiger partial charge in [-0.15, -0.1) is 0 Å². The van der Waals surface area contributed by atoms with Gasteiger partial charge in [0.15, 0.2) is 11.5 Å². The fourth-order valence-electron chi connectivity index (χ4n) is 1.17. The molecular weight excluding hydrogens is 184 g/mol. The van der Waals surface area contributed by atoms with Crippen LogP contribution in [-0.4, -0.2) is 21.3 Å². The van der Waals surface area contributed by atoms with Crippen LogP contribution in [0.25, 0.3) is 0 Å². The minimum absolute atomic E-state index is 0.0595. The van der Waals surface area contributed by atoms with Crippen LogP contribution in [0.1, 0.15) is 17.5 Å². The van der Waals surface area contributed by atoms with Crippen molar-refractivity contribution in [3.05, 3.63) is 23.3 Å². The summed E-state index contributed by atoms with van der Waals surface area (Å²) in [7, 11) is 0. The van der Waals surface area contributed by atoms with Gasteiger partial charge in [-0.2, -0.15) is 0 Å². The Balaban J connectivity index is 2.88. The first kappa shape index (κ1) is 10.4. The molecule has 0 aliphatic carbocycles. The number of carboxylic acid groups (broad SMARTS) is 1. The molecule has 1 rings (SSSR count). The Kier molecular flexibility index (Phi) is 2.96. The third kappa shape index (κ3) is 2.16. The zero-order chi connectivity index (χ0) is 10.7. The summed E-state index contributed by atoms with van der Waals surface area (Å²) >= 11 is 0. The molecule has 0 radical (unpaired) electrons. The molecule has 4 heteroatoms. The van der Waals surface area contributed by atoms with Gasteiger partial charge in [-0.1, -0.05) is 12.1 Å². The summed E-state index contributed by atoms with van der Waals surface area (Å²) in [5.74, 6) is -1.32. The maximum atomic E-state index is 10.3. The van der Waals surface area contributed by atoms with Crippen molar-refractivity contribution in [1.82, 2.24) is 0 Å². The topological polar surface area (TPSA) is 77.8 Å². The lowest BCUT2D eigenvalue weighted by molar-refractivity contribution is -0.136. The van der Waals surface area contributed by atoms with E-state index in [0.29, 0.717) is 11.1 Å². The molecule has 0 aliphatic heterocycles. The Morgan fingerprint density at radius 3 is 2.50 bits per heavy atom. The Labute approximate surface area is 81.4 Å². The number of carbonyl (C=O) groups is 1. The molecule has 76 valence electrons. The van der Waals surface area contributed by atoms with Gasteiger partial charge < -0.3 is 15.3 Å². The molecule has 1 aromatic rings. The second-order valence-corrected chi connectivity index (χ2v) is 3.13. The number of hydrogen-bond acceptors (Lipinski definition) is 3. The highest BCUT2D eigenvalue weighted by atomic mass is 16.4. The van der Waals surface area contributed by atoms with E-state index < -0.39 is 5.97 Å². The Morgan fingerprint density at radius 1 is 1.29 bits per heavy atom. The molecule has 0 bridgehead atoms. The number of hydrogen-bond donors (Lipinski definition) is 3. The van der Waals surface area contributed by atoms with E-state index in [2.05, 4.69) is 0 Å². The summed E-state index contributed by atoms with van der Waals surface area (Å²) in [4.78, 5) is 10.3. The zero-order valence-corrected chi connectivity index (χ0v) is 7.82. The average Bonchev–Trinajstić information content (AvgIpc) is 2.13. The Hall–Kier alpha value is -1.71. The lowest BCUT2D eigenvalue weighted by Gasteiger charge is -2.06. The largest absolute Gasteiger partial charge is 0.504 e. The van der Waals surface area contributed by atoms with Crippen molar-refractivity contribution in [3.63, 3.8) is 0 Å². The van der Waals surface area contributed by atoms with Crippen LogP contribution in [0.5, 0.6) is 11.5 Å². The second-order valence-electron chi connectivity index (χ2n) is 3.13. The number of aryl methyl sites for hydroxylation is 2. The van der Waals surface area contributed by atoms with Crippen LogP contribution < -0.4 is 0 Å². The molecule has 0 atom stereocenters. The van der Waals surface area contributed by atoms with Crippen LogP contribution in [0.3, 0.4) is 0 Å². The van der Waals surface area contributed by atoms with Crippen molar-refractivity contribution in [2.75, 3.05) is 0 Å². The summed E-state index contributed by atoms with van der Waals surface area (Å²) in [6, 6.07) is 3.26. The number of carboxylic acids is 1. The summed E-state index contributed by atoms with van der Waals surface area (Å²) < 4.78 is 0. The summed E-state index contributed by atoms with van der Waals surface area (Å²) in [6.45, 7) is 1.66. The maximum absolute atomic E-state index is 10.3. The highest BCUT2D eigenvalue weighted by molar-refractivity contribution is 5.67. The quantitative estimate of drug-likeness (QED) is 0.639. The van der Waals surface area contributed by atoms with E-state index in [4.69, 9.17) is 5.11 Å². The first-order valence-electron chi connectivity index (χ1n) is 4.24. The lowest BCUT2D eigenvalue weighted by atomic mass is 10.1. The van der Waals surface area contributed by atoms with Crippen LogP contribution in [-0.2, 0) is 11.2 Å². The number of benzene rings is 1. The van der Waals surface area contributed by atoms with Gasteiger partial charge in [-0.3, -0.25) is 4.79 Å². The molecule has 0 aliphatic rings. The summed E-state index contributed by atoms with van der Waals surface area (Å²) in [5, 5.41) is 27.2. The molecule has 0 aromatic heterocycles. The third-order valence-electron chi connectivity index (χ3n) is 2.04. The van der Waals surface area contributed by atoms with Crippen LogP contribution in [0, 0.1) is 6.92 Å². The molecule has 0 heterocycles. The molecule has 0 amide bonds. The normalized spacial score (nSPS) is 10.1. The van der Waals surface area contributed by atoms with Gasteiger partial charge in [0.25, 0.3) is 0 Å². The number of aliphatic carboxylic acids is 1. The number of phenolic OH excluding ortho intramolecular Hbond substituents is 2. The minimum Gasteiger partial charge on any atom is -0.504 e.